The van der Waals surface area contributed by atoms with E-state index in [1.807, 2.05) is 50.2 Å². The van der Waals surface area contributed by atoms with E-state index in [1.165, 1.54) is 0 Å². The number of hydrogen-bond donors (Lipinski definition) is 2. The van der Waals surface area contributed by atoms with Crippen molar-refractivity contribution in [3.63, 3.8) is 0 Å². The number of alkyl carbamates (subject to hydrolysis) is 1. The maximum atomic E-state index is 12.5. The van der Waals surface area contributed by atoms with Gasteiger partial charge in [0, 0.05) is 5.92 Å². The summed E-state index contributed by atoms with van der Waals surface area (Å²) in [6, 6.07) is 15.2. The molecule has 1 amide bonds. The van der Waals surface area contributed by atoms with Crippen LogP contribution < -0.4 is 5.32 Å². The van der Waals surface area contributed by atoms with Gasteiger partial charge in [-0.3, -0.25) is 4.79 Å². The number of carbonyl (C=O) groups is 3. The van der Waals surface area contributed by atoms with Crippen molar-refractivity contribution in [2.45, 2.75) is 38.6 Å². The molecular weight excluding hydrogens is 398 g/mol. The molecule has 0 bridgehead atoms. The van der Waals surface area contributed by atoms with Gasteiger partial charge < -0.3 is 19.9 Å². The molecule has 3 rings (SSSR count). The second-order valence-electron chi connectivity index (χ2n) is 7.64. The fourth-order valence-corrected chi connectivity index (χ4v) is 3.76. The molecule has 0 aromatic heterocycles. The third-order valence-electron chi connectivity index (χ3n) is 5.64. The van der Waals surface area contributed by atoms with Gasteiger partial charge in [-0.05, 0) is 28.2 Å². The molecule has 0 saturated heterocycles. The molecule has 0 unspecified atom stereocenters. The van der Waals surface area contributed by atoms with Crippen LogP contribution in [0.1, 0.15) is 43.7 Å². The SMILES string of the molecule is CC[C@H](C)[C@H](NC(=O)OCC1c2ccccc2-c2ccccc21)C(=O)OCCC(=O)O. The van der Waals surface area contributed by atoms with E-state index < -0.39 is 24.1 Å². The molecule has 1 aliphatic carbocycles. The molecule has 1 aliphatic rings. The van der Waals surface area contributed by atoms with Crippen LogP contribution in [0.3, 0.4) is 0 Å². The average Bonchev–Trinajstić information content (AvgIpc) is 3.09. The first-order valence-electron chi connectivity index (χ1n) is 10.4. The van der Waals surface area contributed by atoms with E-state index in [-0.39, 0.29) is 31.5 Å². The lowest BCUT2D eigenvalue weighted by Crippen LogP contribution is -2.46. The largest absolute Gasteiger partial charge is 0.481 e. The molecule has 0 spiro atoms. The lowest BCUT2D eigenvalue weighted by atomic mass is 9.98. The number of esters is 1. The molecule has 0 fully saturated rings. The number of carboxylic acid groups (broad SMARTS) is 1. The summed E-state index contributed by atoms with van der Waals surface area (Å²) in [5.74, 6) is -2.00. The molecular formula is C24H27NO6. The summed E-state index contributed by atoms with van der Waals surface area (Å²) < 4.78 is 10.5. The van der Waals surface area contributed by atoms with Crippen LogP contribution in [0.4, 0.5) is 4.79 Å². The van der Waals surface area contributed by atoms with Gasteiger partial charge in [-0.25, -0.2) is 9.59 Å². The summed E-state index contributed by atoms with van der Waals surface area (Å²) in [5.41, 5.74) is 4.46. The number of carboxylic acids is 1. The topological polar surface area (TPSA) is 102 Å². The minimum atomic E-state index is -1.06. The van der Waals surface area contributed by atoms with Gasteiger partial charge in [0.15, 0.2) is 0 Å². The van der Waals surface area contributed by atoms with Crippen molar-refractivity contribution in [2.24, 2.45) is 5.92 Å². The summed E-state index contributed by atoms with van der Waals surface area (Å²) in [6.45, 7) is 3.60. The highest BCUT2D eigenvalue weighted by Crippen LogP contribution is 2.44. The van der Waals surface area contributed by atoms with Crippen LogP contribution in [-0.2, 0) is 19.1 Å². The molecule has 7 heteroatoms. The van der Waals surface area contributed by atoms with Gasteiger partial charge in [0.05, 0.1) is 6.42 Å². The van der Waals surface area contributed by atoms with Crippen LogP contribution in [0.25, 0.3) is 11.1 Å². The smallest absolute Gasteiger partial charge is 0.407 e. The summed E-state index contributed by atoms with van der Waals surface area (Å²) in [5, 5.41) is 11.3. The van der Waals surface area contributed by atoms with Crippen molar-refractivity contribution >= 4 is 18.0 Å². The first-order valence-corrected chi connectivity index (χ1v) is 10.4. The van der Waals surface area contributed by atoms with Gasteiger partial charge in [-0.15, -0.1) is 0 Å². The fraction of sp³-hybridized carbons (Fsp3) is 0.375. The van der Waals surface area contributed by atoms with Crippen molar-refractivity contribution in [3.05, 3.63) is 59.7 Å². The minimum Gasteiger partial charge on any atom is -0.481 e. The molecule has 0 saturated carbocycles. The van der Waals surface area contributed by atoms with Crippen LogP contribution in [-0.4, -0.2) is 42.4 Å². The number of fused-ring (bicyclic) bond motifs is 3. The van der Waals surface area contributed by atoms with E-state index in [4.69, 9.17) is 14.6 Å². The Kier molecular flexibility index (Phi) is 7.28. The average molecular weight is 425 g/mol. The van der Waals surface area contributed by atoms with Crippen LogP contribution in [0, 0.1) is 5.92 Å². The predicted octanol–water partition coefficient (Wildman–Crippen LogP) is 3.96. The number of benzene rings is 2. The molecule has 31 heavy (non-hydrogen) atoms. The van der Waals surface area contributed by atoms with E-state index in [9.17, 15) is 14.4 Å². The molecule has 0 heterocycles. The Morgan fingerprint density at radius 1 is 1.00 bits per heavy atom. The minimum absolute atomic E-state index is 0.0808. The maximum Gasteiger partial charge on any atom is 0.407 e. The third-order valence-corrected chi connectivity index (χ3v) is 5.64. The van der Waals surface area contributed by atoms with Crippen LogP contribution >= 0.6 is 0 Å². The second kappa shape index (κ2) is 10.1. The molecule has 2 aromatic carbocycles. The maximum absolute atomic E-state index is 12.5. The third kappa shape index (κ3) is 5.23. The number of nitrogens with one attached hydrogen (secondary N) is 1. The summed E-state index contributed by atoms with van der Waals surface area (Å²) in [6.07, 6.45) is -0.367. The van der Waals surface area contributed by atoms with E-state index in [1.54, 1.807) is 0 Å². The highest BCUT2D eigenvalue weighted by Gasteiger charge is 2.31. The quantitative estimate of drug-likeness (QED) is 0.590. The molecule has 0 radical (unpaired) electrons. The van der Waals surface area contributed by atoms with Gasteiger partial charge >= 0.3 is 18.0 Å². The van der Waals surface area contributed by atoms with Crippen molar-refractivity contribution in [2.75, 3.05) is 13.2 Å². The van der Waals surface area contributed by atoms with Crippen molar-refractivity contribution in [3.8, 4) is 11.1 Å². The zero-order valence-electron chi connectivity index (χ0n) is 17.7. The zero-order valence-corrected chi connectivity index (χ0v) is 17.7. The molecule has 2 atom stereocenters. The van der Waals surface area contributed by atoms with Crippen molar-refractivity contribution in [1.29, 1.82) is 0 Å². The Hall–Kier alpha value is -3.35. The summed E-state index contributed by atoms with van der Waals surface area (Å²) in [7, 11) is 0. The molecule has 7 nitrogen and oxygen atoms in total. The first-order chi connectivity index (χ1) is 14.9. The van der Waals surface area contributed by atoms with Crippen molar-refractivity contribution < 1.29 is 29.0 Å². The highest BCUT2D eigenvalue weighted by atomic mass is 16.6. The number of amides is 1. The Morgan fingerprint density at radius 2 is 1.58 bits per heavy atom. The molecule has 2 N–H and O–H groups in total. The monoisotopic (exact) mass is 425 g/mol. The first kappa shape index (κ1) is 22.3. The summed E-state index contributed by atoms with van der Waals surface area (Å²) in [4.78, 5) is 35.5. The fourth-order valence-electron chi connectivity index (χ4n) is 3.76. The molecule has 164 valence electrons. The Bertz CT molecular complexity index is 911. The zero-order chi connectivity index (χ0) is 22.4. The predicted molar refractivity (Wildman–Crippen MR) is 115 cm³/mol. The van der Waals surface area contributed by atoms with Crippen molar-refractivity contribution in [1.82, 2.24) is 5.32 Å². The molecule has 2 aromatic rings. The number of ether oxygens (including phenoxy) is 2. The normalized spacial score (nSPS) is 14.1. The second-order valence-corrected chi connectivity index (χ2v) is 7.64. The Balaban J connectivity index is 1.64. The highest BCUT2D eigenvalue weighted by molar-refractivity contribution is 5.82. The Morgan fingerprint density at radius 3 is 2.13 bits per heavy atom. The molecule has 0 aliphatic heterocycles. The van der Waals surface area contributed by atoms with Gasteiger partial charge in [-0.1, -0.05) is 68.8 Å². The van der Waals surface area contributed by atoms with E-state index in [2.05, 4.69) is 17.4 Å². The summed E-state index contributed by atoms with van der Waals surface area (Å²) >= 11 is 0. The van der Waals surface area contributed by atoms with Crippen LogP contribution in [0.2, 0.25) is 0 Å². The lowest BCUT2D eigenvalue weighted by molar-refractivity contribution is -0.149. The number of carbonyl (C=O) groups excluding carboxylic acids is 2. The number of aliphatic carboxylic acids is 1. The van der Waals surface area contributed by atoms with Gasteiger partial charge in [0.25, 0.3) is 0 Å². The lowest BCUT2D eigenvalue weighted by Gasteiger charge is -2.23. The van der Waals surface area contributed by atoms with Crippen LogP contribution in [0.15, 0.2) is 48.5 Å². The number of rotatable bonds is 9. The standard InChI is InChI=1S/C24H27NO6/c1-3-15(2)22(23(28)30-13-12-21(26)27)25-24(29)31-14-20-18-10-6-4-8-16(18)17-9-5-7-11-19(17)20/h4-11,15,20,22H,3,12-14H2,1-2H3,(H,25,29)(H,26,27)/t15-,22-/m0/s1. The van der Waals surface area contributed by atoms with E-state index in [0.717, 1.165) is 22.3 Å². The van der Waals surface area contributed by atoms with Crippen LogP contribution in [0.5, 0.6) is 0 Å². The van der Waals surface area contributed by atoms with E-state index in [0.29, 0.717) is 6.42 Å². The van der Waals surface area contributed by atoms with Gasteiger partial charge in [0.1, 0.15) is 19.3 Å². The van der Waals surface area contributed by atoms with Gasteiger partial charge in [-0.2, -0.15) is 0 Å². The van der Waals surface area contributed by atoms with Gasteiger partial charge in [0.2, 0.25) is 0 Å². The number of hydrogen-bond acceptors (Lipinski definition) is 5. The van der Waals surface area contributed by atoms with E-state index >= 15 is 0 Å². The Labute approximate surface area is 181 Å².